The Bertz CT molecular complexity index is 514. The summed E-state index contributed by atoms with van der Waals surface area (Å²) in [6, 6.07) is -2.98. The van der Waals surface area contributed by atoms with Crippen LogP contribution in [0, 0.1) is 5.92 Å². The van der Waals surface area contributed by atoms with Gasteiger partial charge in [0.1, 0.15) is 12.1 Å². The standard InChI is InChI=1S/C17H33N5O5/c1-3-10(2)14(17(26)27)22-16(25)12(6-4-5-9-18)21-15(24)11(19)7-8-13(20)23/h10-12,14H,3-9,18-19H2,1-2H3,(H2,20,23)(H,21,24)(H,22,25)(H,26,27)/t10-,11-,12-,14-/m0/s1. The number of hydrogen-bond donors (Lipinski definition) is 6. The van der Waals surface area contributed by atoms with Crippen molar-refractivity contribution in [1.82, 2.24) is 10.6 Å². The van der Waals surface area contributed by atoms with E-state index in [1.54, 1.807) is 6.92 Å². The zero-order valence-corrected chi connectivity index (χ0v) is 16.1. The lowest BCUT2D eigenvalue weighted by Crippen LogP contribution is -2.55. The third kappa shape index (κ3) is 9.90. The summed E-state index contributed by atoms with van der Waals surface area (Å²) in [5.41, 5.74) is 16.2. The first-order valence-corrected chi connectivity index (χ1v) is 9.21. The van der Waals surface area contributed by atoms with Gasteiger partial charge in [-0.05, 0) is 38.1 Å². The van der Waals surface area contributed by atoms with Crippen molar-refractivity contribution in [3.8, 4) is 0 Å². The highest BCUT2D eigenvalue weighted by molar-refractivity contribution is 5.92. The van der Waals surface area contributed by atoms with Crippen molar-refractivity contribution in [3.63, 3.8) is 0 Å². The molecule has 156 valence electrons. The molecular weight excluding hydrogens is 354 g/mol. The summed E-state index contributed by atoms with van der Waals surface area (Å²) in [5.74, 6) is -3.17. The maximum absolute atomic E-state index is 12.6. The molecule has 0 aliphatic carbocycles. The lowest BCUT2D eigenvalue weighted by Gasteiger charge is -2.25. The molecule has 0 heterocycles. The van der Waals surface area contributed by atoms with Crippen LogP contribution in [0.5, 0.6) is 0 Å². The monoisotopic (exact) mass is 387 g/mol. The Morgan fingerprint density at radius 1 is 1.04 bits per heavy atom. The Morgan fingerprint density at radius 2 is 1.67 bits per heavy atom. The summed E-state index contributed by atoms with van der Waals surface area (Å²) in [7, 11) is 0. The molecule has 27 heavy (non-hydrogen) atoms. The molecule has 0 saturated carbocycles. The summed E-state index contributed by atoms with van der Waals surface area (Å²) < 4.78 is 0. The second kappa shape index (κ2) is 13.0. The molecule has 3 amide bonds. The number of nitrogens with two attached hydrogens (primary N) is 3. The lowest BCUT2D eigenvalue weighted by molar-refractivity contribution is -0.143. The number of carboxylic acids is 1. The number of unbranched alkanes of at least 4 members (excludes halogenated alkanes) is 1. The molecule has 0 saturated heterocycles. The number of nitrogens with one attached hydrogen (secondary N) is 2. The van der Waals surface area contributed by atoms with Gasteiger partial charge in [0.2, 0.25) is 17.7 Å². The fourth-order valence-corrected chi connectivity index (χ4v) is 2.41. The van der Waals surface area contributed by atoms with Crippen LogP contribution >= 0.6 is 0 Å². The number of primary amides is 1. The summed E-state index contributed by atoms with van der Waals surface area (Å²) in [4.78, 5) is 47.0. The van der Waals surface area contributed by atoms with Gasteiger partial charge in [0, 0.05) is 6.42 Å². The largest absolute Gasteiger partial charge is 0.480 e. The van der Waals surface area contributed by atoms with E-state index in [2.05, 4.69) is 10.6 Å². The van der Waals surface area contributed by atoms with Crippen LogP contribution in [0.25, 0.3) is 0 Å². The first-order valence-electron chi connectivity index (χ1n) is 9.21. The predicted molar refractivity (Wildman–Crippen MR) is 100 cm³/mol. The fraction of sp³-hybridized carbons (Fsp3) is 0.765. The smallest absolute Gasteiger partial charge is 0.326 e. The van der Waals surface area contributed by atoms with Crippen molar-refractivity contribution in [2.75, 3.05) is 6.54 Å². The maximum Gasteiger partial charge on any atom is 0.326 e. The first kappa shape index (κ1) is 24.8. The van der Waals surface area contributed by atoms with Gasteiger partial charge in [-0.1, -0.05) is 20.3 Å². The molecular formula is C17H33N5O5. The van der Waals surface area contributed by atoms with E-state index in [-0.39, 0.29) is 18.8 Å². The SMILES string of the molecule is CC[C@H](C)[C@H](NC(=O)[C@H](CCCCN)NC(=O)[C@@H](N)CCC(N)=O)C(=O)O. The van der Waals surface area contributed by atoms with Gasteiger partial charge >= 0.3 is 5.97 Å². The molecule has 4 atom stereocenters. The van der Waals surface area contributed by atoms with Gasteiger partial charge in [0.25, 0.3) is 0 Å². The van der Waals surface area contributed by atoms with Gasteiger partial charge in [-0.25, -0.2) is 4.79 Å². The van der Waals surface area contributed by atoms with Crippen LogP contribution < -0.4 is 27.8 Å². The van der Waals surface area contributed by atoms with Crippen molar-refractivity contribution < 1.29 is 24.3 Å². The van der Waals surface area contributed by atoms with Gasteiger partial charge < -0.3 is 32.9 Å². The number of carbonyl (C=O) groups is 4. The first-order chi connectivity index (χ1) is 12.6. The molecule has 0 bridgehead atoms. The van der Waals surface area contributed by atoms with Crippen LogP contribution in [-0.4, -0.2) is 53.5 Å². The van der Waals surface area contributed by atoms with E-state index in [4.69, 9.17) is 17.2 Å². The second-order valence-electron chi connectivity index (χ2n) is 6.67. The average molecular weight is 387 g/mol. The maximum atomic E-state index is 12.6. The molecule has 0 radical (unpaired) electrons. The number of hydrogen-bond acceptors (Lipinski definition) is 6. The minimum absolute atomic E-state index is 0.0479. The van der Waals surface area contributed by atoms with Crippen molar-refractivity contribution in [1.29, 1.82) is 0 Å². The second-order valence-corrected chi connectivity index (χ2v) is 6.67. The third-order valence-electron chi connectivity index (χ3n) is 4.40. The average Bonchev–Trinajstić information content (AvgIpc) is 2.61. The quantitative estimate of drug-likeness (QED) is 0.202. The molecule has 0 unspecified atom stereocenters. The summed E-state index contributed by atoms with van der Waals surface area (Å²) in [5, 5.41) is 14.4. The van der Waals surface area contributed by atoms with Crippen LogP contribution in [0.3, 0.4) is 0 Å². The van der Waals surface area contributed by atoms with Crippen LogP contribution in [0.4, 0.5) is 0 Å². The number of aliphatic carboxylic acids is 1. The van der Waals surface area contributed by atoms with Gasteiger partial charge in [-0.2, -0.15) is 0 Å². The van der Waals surface area contributed by atoms with Crippen molar-refractivity contribution >= 4 is 23.7 Å². The number of amides is 3. The number of carbonyl (C=O) groups excluding carboxylic acids is 3. The minimum atomic E-state index is -1.14. The zero-order valence-electron chi connectivity index (χ0n) is 16.1. The number of carboxylic acid groups (broad SMARTS) is 1. The van der Waals surface area contributed by atoms with E-state index in [1.165, 1.54) is 0 Å². The van der Waals surface area contributed by atoms with Crippen molar-refractivity contribution in [3.05, 3.63) is 0 Å². The van der Waals surface area contributed by atoms with Crippen molar-refractivity contribution in [2.24, 2.45) is 23.1 Å². The normalized spacial score (nSPS) is 15.3. The Hall–Kier alpha value is -2.20. The molecule has 9 N–H and O–H groups in total. The Labute approximate surface area is 159 Å². The highest BCUT2D eigenvalue weighted by Crippen LogP contribution is 2.10. The minimum Gasteiger partial charge on any atom is -0.480 e. The molecule has 0 rings (SSSR count). The fourth-order valence-electron chi connectivity index (χ4n) is 2.41. The summed E-state index contributed by atoms with van der Waals surface area (Å²) in [6.07, 6.45) is 2.10. The molecule has 0 aromatic carbocycles. The molecule has 0 aliphatic heterocycles. The van der Waals surface area contributed by atoms with Crippen LogP contribution in [0.2, 0.25) is 0 Å². The van der Waals surface area contributed by atoms with E-state index >= 15 is 0 Å². The van der Waals surface area contributed by atoms with E-state index < -0.39 is 41.8 Å². The van der Waals surface area contributed by atoms with Crippen molar-refractivity contribution in [2.45, 2.75) is 70.5 Å². The topological polar surface area (TPSA) is 191 Å². The Kier molecular flexibility index (Phi) is 12.0. The lowest BCUT2D eigenvalue weighted by atomic mass is 9.98. The van der Waals surface area contributed by atoms with E-state index in [0.29, 0.717) is 32.2 Å². The summed E-state index contributed by atoms with van der Waals surface area (Å²) in [6.45, 7) is 3.98. The molecule has 0 aromatic rings. The predicted octanol–water partition coefficient (Wildman–Crippen LogP) is -1.19. The van der Waals surface area contributed by atoms with Gasteiger partial charge in [0.05, 0.1) is 6.04 Å². The van der Waals surface area contributed by atoms with E-state index in [1.807, 2.05) is 6.92 Å². The van der Waals surface area contributed by atoms with Gasteiger partial charge in [-0.3, -0.25) is 14.4 Å². The van der Waals surface area contributed by atoms with E-state index in [9.17, 15) is 24.3 Å². The molecule has 10 nitrogen and oxygen atoms in total. The molecule has 0 fully saturated rings. The van der Waals surface area contributed by atoms with Crippen LogP contribution in [0.1, 0.15) is 52.4 Å². The van der Waals surface area contributed by atoms with Gasteiger partial charge in [0.15, 0.2) is 0 Å². The third-order valence-corrected chi connectivity index (χ3v) is 4.40. The summed E-state index contributed by atoms with van der Waals surface area (Å²) >= 11 is 0. The molecule has 10 heteroatoms. The van der Waals surface area contributed by atoms with Crippen LogP contribution in [-0.2, 0) is 19.2 Å². The zero-order chi connectivity index (χ0) is 21.0. The highest BCUT2D eigenvalue weighted by atomic mass is 16.4. The van der Waals surface area contributed by atoms with Crippen LogP contribution in [0.15, 0.2) is 0 Å². The molecule has 0 spiro atoms. The molecule has 0 aromatic heterocycles. The molecule has 0 aliphatic rings. The Morgan fingerprint density at radius 3 is 2.15 bits per heavy atom. The Balaban J connectivity index is 5.04. The van der Waals surface area contributed by atoms with E-state index in [0.717, 1.165) is 0 Å². The number of rotatable bonds is 14. The highest BCUT2D eigenvalue weighted by Gasteiger charge is 2.30. The van der Waals surface area contributed by atoms with Gasteiger partial charge in [-0.15, -0.1) is 0 Å².